The molecule has 0 radical (unpaired) electrons. The summed E-state index contributed by atoms with van der Waals surface area (Å²) in [5.41, 5.74) is 3.94. The van der Waals surface area contributed by atoms with Crippen LogP contribution in [0.15, 0.2) is 103 Å². The van der Waals surface area contributed by atoms with Gasteiger partial charge < -0.3 is 29.7 Å². The van der Waals surface area contributed by atoms with Crippen molar-refractivity contribution in [2.45, 2.75) is 65.3 Å². The number of esters is 2. The lowest BCUT2D eigenvalue weighted by atomic mass is 10.0. The number of carbonyl (C=O) groups excluding carboxylic acids is 4. The predicted molar refractivity (Wildman–Crippen MR) is 216 cm³/mol. The zero-order valence-electron chi connectivity index (χ0n) is 31.5. The van der Waals surface area contributed by atoms with Gasteiger partial charge in [-0.25, -0.2) is 4.79 Å². The van der Waals surface area contributed by atoms with Crippen molar-refractivity contribution in [3.05, 3.63) is 125 Å². The second-order valence-corrected chi connectivity index (χ2v) is 14.2. The zero-order chi connectivity index (χ0) is 39.6. The number of rotatable bonds is 21. The molecule has 0 aliphatic heterocycles. The van der Waals surface area contributed by atoms with Crippen LogP contribution in [0, 0.1) is 12.8 Å². The Bertz CT molecular complexity index is 1820. The number of halogens is 2. The maximum atomic E-state index is 13.7. The highest BCUT2D eigenvalue weighted by atomic mass is 35.5. The van der Waals surface area contributed by atoms with Gasteiger partial charge in [-0.05, 0) is 84.8 Å². The topological polar surface area (TPSA) is 123 Å². The van der Waals surface area contributed by atoms with Crippen molar-refractivity contribution in [2.24, 2.45) is 5.92 Å². The Morgan fingerprint density at radius 2 is 1.29 bits per heavy atom. The standard InChI is InChI=1S/C43H49Cl2N3O7/c1-30(2)26-38(47-41(50)34-14-16-35(17-15-34)55-36-18-20-39(31(3)27-36)48(24-22-44)25-23-45)42(51)46-37(43(52)54-29-33-12-8-5-9-13-33)19-21-40(49)53-28-32-10-6-4-7-11-32/h4-18,20,27,30,37-38H,19,21-26,28-29H2,1-3H3,(H,46,51)(H,47,50)/t37-,38-/m0/s1. The summed E-state index contributed by atoms with van der Waals surface area (Å²) >= 11 is 12.0. The molecule has 292 valence electrons. The van der Waals surface area contributed by atoms with Gasteiger partial charge in [0.1, 0.15) is 36.8 Å². The van der Waals surface area contributed by atoms with E-state index in [0.29, 0.717) is 48.3 Å². The lowest BCUT2D eigenvalue weighted by Gasteiger charge is -2.25. The Hall–Kier alpha value is -5.06. The van der Waals surface area contributed by atoms with Crippen LogP contribution in [0.25, 0.3) is 0 Å². The zero-order valence-corrected chi connectivity index (χ0v) is 33.0. The predicted octanol–water partition coefficient (Wildman–Crippen LogP) is 7.97. The summed E-state index contributed by atoms with van der Waals surface area (Å²) in [6.45, 7) is 7.26. The quantitative estimate of drug-likeness (QED) is 0.0644. The summed E-state index contributed by atoms with van der Waals surface area (Å²) in [5.74, 6) is -0.133. The Balaban J connectivity index is 1.40. The molecule has 0 saturated heterocycles. The third-order valence-electron chi connectivity index (χ3n) is 8.60. The maximum Gasteiger partial charge on any atom is 0.328 e. The average Bonchev–Trinajstić information content (AvgIpc) is 3.18. The van der Waals surface area contributed by atoms with Crippen LogP contribution in [-0.4, -0.2) is 60.7 Å². The molecule has 10 nitrogen and oxygen atoms in total. The van der Waals surface area contributed by atoms with Crippen LogP contribution < -0.4 is 20.3 Å². The molecule has 0 spiro atoms. The van der Waals surface area contributed by atoms with E-state index in [-0.39, 0.29) is 32.0 Å². The third-order valence-corrected chi connectivity index (χ3v) is 8.94. The summed E-state index contributed by atoms with van der Waals surface area (Å²) in [5, 5.41) is 5.56. The van der Waals surface area contributed by atoms with E-state index in [1.54, 1.807) is 24.3 Å². The molecular weight excluding hydrogens is 741 g/mol. The van der Waals surface area contributed by atoms with Gasteiger partial charge >= 0.3 is 11.9 Å². The van der Waals surface area contributed by atoms with Crippen molar-refractivity contribution >= 4 is 52.6 Å². The van der Waals surface area contributed by atoms with E-state index in [0.717, 1.165) is 22.4 Å². The normalized spacial score (nSPS) is 12.0. The fourth-order valence-electron chi connectivity index (χ4n) is 5.78. The minimum Gasteiger partial charge on any atom is -0.461 e. The van der Waals surface area contributed by atoms with E-state index < -0.39 is 35.8 Å². The number of nitrogens with one attached hydrogen (secondary N) is 2. The van der Waals surface area contributed by atoms with Crippen molar-refractivity contribution in [3.8, 4) is 11.5 Å². The highest BCUT2D eigenvalue weighted by Crippen LogP contribution is 2.28. The molecule has 2 atom stereocenters. The van der Waals surface area contributed by atoms with Crippen molar-refractivity contribution in [3.63, 3.8) is 0 Å². The smallest absolute Gasteiger partial charge is 0.328 e. The number of ether oxygens (including phenoxy) is 3. The number of amides is 2. The van der Waals surface area contributed by atoms with Gasteiger partial charge in [0.25, 0.3) is 5.91 Å². The van der Waals surface area contributed by atoms with Gasteiger partial charge in [-0.1, -0.05) is 74.5 Å². The third kappa shape index (κ3) is 14.3. The van der Waals surface area contributed by atoms with E-state index in [1.807, 2.05) is 99.6 Å². The van der Waals surface area contributed by atoms with Crippen molar-refractivity contribution in [1.82, 2.24) is 10.6 Å². The lowest BCUT2D eigenvalue weighted by Crippen LogP contribution is -2.52. The highest BCUT2D eigenvalue weighted by Gasteiger charge is 2.29. The molecule has 0 saturated carbocycles. The van der Waals surface area contributed by atoms with Crippen LogP contribution >= 0.6 is 23.2 Å². The minimum atomic E-state index is -1.16. The number of alkyl halides is 2. The summed E-state index contributed by atoms with van der Waals surface area (Å²) < 4.78 is 17.0. The fraction of sp³-hybridized carbons (Fsp3) is 0.349. The van der Waals surface area contributed by atoms with Gasteiger partial charge in [-0.3, -0.25) is 14.4 Å². The number of aryl methyl sites for hydroxylation is 1. The molecule has 4 rings (SSSR count). The lowest BCUT2D eigenvalue weighted by molar-refractivity contribution is -0.150. The number of nitrogens with zero attached hydrogens (tertiary/aromatic N) is 1. The first-order valence-electron chi connectivity index (χ1n) is 18.3. The molecule has 2 N–H and O–H groups in total. The molecule has 0 bridgehead atoms. The number of anilines is 1. The monoisotopic (exact) mass is 789 g/mol. The summed E-state index contributed by atoms with van der Waals surface area (Å²) in [7, 11) is 0. The Kier molecular flexibility index (Phi) is 17.3. The van der Waals surface area contributed by atoms with Gasteiger partial charge in [0, 0.05) is 42.5 Å². The SMILES string of the molecule is Cc1cc(Oc2ccc(C(=O)N[C@@H](CC(C)C)C(=O)N[C@@H](CCC(=O)OCc3ccccc3)C(=O)OCc3ccccc3)cc2)ccc1N(CCCl)CCCl. The van der Waals surface area contributed by atoms with Gasteiger partial charge in [0.2, 0.25) is 5.91 Å². The molecule has 0 heterocycles. The Labute approximate surface area is 333 Å². The molecule has 2 amide bonds. The largest absolute Gasteiger partial charge is 0.461 e. The molecule has 0 aromatic heterocycles. The van der Waals surface area contributed by atoms with Crippen molar-refractivity contribution in [2.75, 3.05) is 29.7 Å². The average molecular weight is 791 g/mol. The van der Waals surface area contributed by atoms with Crippen molar-refractivity contribution in [1.29, 1.82) is 0 Å². The first kappa shape index (κ1) is 42.7. The Morgan fingerprint density at radius 3 is 1.85 bits per heavy atom. The van der Waals surface area contributed by atoms with E-state index in [4.69, 9.17) is 37.4 Å². The maximum absolute atomic E-state index is 13.7. The minimum absolute atomic E-state index is 0.0109. The number of carbonyl (C=O) groups is 4. The van der Waals surface area contributed by atoms with E-state index in [1.165, 1.54) is 0 Å². The summed E-state index contributed by atoms with van der Waals surface area (Å²) in [6, 6.07) is 28.6. The van der Waals surface area contributed by atoms with Crippen LogP contribution in [0.2, 0.25) is 0 Å². The molecule has 4 aromatic rings. The second kappa shape index (κ2) is 22.4. The van der Waals surface area contributed by atoms with Gasteiger partial charge in [-0.15, -0.1) is 23.2 Å². The first-order chi connectivity index (χ1) is 26.6. The van der Waals surface area contributed by atoms with Crippen LogP contribution in [0.4, 0.5) is 5.69 Å². The molecular formula is C43H49Cl2N3O7. The van der Waals surface area contributed by atoms with Crippen LogP contribution in [0.1, 0.15) is 60.2 Å². The fourth-order valence-corrected chi connectivity index (χ4v) is 6.19. The molecule has 55 heavy (non-hydrogen) atoms. The Morgan fingerprint density at radius 1 is 0.709 bits per heavy atom. The number of hydrogen-bond donors (Lipinski definition) is 2. The van der Waals surface area contributed by atoms with Gasteiger partial charge in [-0.2, -0.15) is 0 Å². The molecule has 0 aliphatic rings. The van der Waals surface area contributed by atoms with E-state index >= 15 is 0 Å². The van der Waals surface area contributed by atoms with Crippen LogP contribution in [-0.2, 0) is 37.1 Å². The second-order valence-electron chi connectivity index (χ2n) is 13.4. The van der Waals surface area contributed by atoms with E-state index in [9.17, 15) is 19.2 Å². The van der Waals surface area contributed by atoms with Gasteiger partial charge in [0.05, 0.1) is 0 Å². The summed E-state index contributed by atoms with van der Waals surface area (Å²) in [6.07, 6.45) is 0.0996. The molecule has 4 aromatic carbocycles. The molecule has 0 unspecified atom stereocenters. The number of benzene rings is 4. The molecule has 12 heteroatoms. The molecule has 0 fully saturated rings. The van der Waals surface area contributed by atoms with Crippen molar-refractivity contribution < 1.29 is 33.4 Å². The van der Waals surface area contributed by atoms with Gasteiger partial charge in [0.15, 0.2) is 0 Å². The van der Waals surface area contributed by atoms with E-state index in [2.05, 4.69) is 15.5 Å². The highest BCUT2D eigenvalue weighted by molar-refractivity contribution is 6.18. The van der Waals surface area contributed by atoms with Crippen LogP contribution in [0.3, 0.4) is 0 Å². The first-order valence-corrected chi connectivity index (χ1v) is 19.4. The van der Waals surface area contributed by atoms with Crippen LogP contribution in [0.5, 0.6) is 11.5 Å². The summed E-state index contributed by atoms with van der Waals surface area (Å²) in [4.78, 5) is 55.3. The number of hydrogen-bond acceptors (Lipinski definition) is 8. The molecule has 0 aliphatic carbocycles.